The zero-order valence-electron chi connectivity index (χ0n) is 8.08. The van der Waals surface area contributed by atoms with Gasteiger partial charge < -0.3 is 9.84 Å². The number of rotatable bonds is 4. The summed E-state index contributed by atoms with van der Waals surface area (Å²) < 4.78 is 18.2. The molecule has 0 bridgehead atoms. The Balaban J connectivity index is 3.06. The molecule has 1 unspecified atom stereocenters. The number of aliphatic hydroxyl groups excluding tert-OH is 1. The lowest BCUT2D eigenvalue weighted by atomic mass is 10.1. The summed E-state index contributed by atoms with van der Waals surface area (Å²) in [5, 5.41) is 9.62. The van der Waals surface area contributed by atoms with Crippen molar-refractivity contribution in [3.05, 3.63) is 29.6 Å². The normalized spacial score (nSPS) is 12.9. The quantitative estimate of drug-likeness (QED) is 0.835. The average Bonchev–Trinajstić information content (AvgIpc) is 2.20. The molecule has 0 aromatic heterocycles. The number of aliphatic hydroxyl groups is 1. The van der Waals surface area contributed by atoms with Gasteiger partial charge in [0.15, 0.2) is 0 Å². The lowest BCUT2D eigenvalue weighted by Crippen LogP contribution is -2.09. The van der Waals surface area contributed by atoms with Crippen LogP contribution in [0.2, 0.25) is 0 Å². The van der Waals surface area contributed by atoms with E-state index in [-0.39, 0.29) is 5.56 Å². The molecule has 0 saturated carbocycles. The minimum absolute atomic E-state index is 0.256. The Morgan fingerprint density at radius 2 is 2.13 bits per heavy atom. The second kappa shape index (κ2) is 5.54. The van der Waals surface area contributed by atoms with Gasteiger partial charge >= 0.3 is 0 Å². The Bertz CT molecular complexity index is 331. The van der Waals surface area contributed by atoms with Gasteiger partial charge in [0.2, 0.25) is 0 Å². The van der Waals surface area contributed by atoms with Gasteiger partial charge in [0.25, 0.3) is 0 Å². The van der Waals surface area contributed by atoms with Crippen molar-refractivity contribution < 1.29 is 14.2 Å². The molecule has 0 amide bonds. The van der Waals surface area contributed by atoms with Crippen LogP contribution < -0.4 is 4.74 Å². The Kier molecular flexibility index (Phi) is 4.64. The van der Waals surface area contributed by atoms with Crippen molar-refractivity contribution in [2.45, 2.75) is 17.9 Å². The Labute approximate surface area is 97.6 Å². The summed E-state index contributed by atoms with van der Waals surface area (Å²) >= 11 is 11.0. The summed E-state index contributed by atoms with van der Waals surface area (Å²) in [6.07, 6.45) is -1.16. The van der Waals surface area contributed by atoms with E-state index in [1.54, 1.807) is 6.92 Å². The van der Waals surface area contributed by atoms with Crippen LogP contribution in [0.4, 0.5) is 4.39 Å². The molecule has 0 heterocycles. The maximum Gasteiger partial charge on any atom is 0.137 e. The van der Waals surface area contributed by atoms with E-state index in [9.17, 15) is 9.50 Å². The van der Waals surface area contributed by atoms with Gasteiger partial charge in [-0.15, -0.1) is 23.2 Å². The van der Waals surface area contributed by atoms with Gasteiger partial charge in [-0.25, -0.2) is 4.39 Å². The summed E-state index contributed by atoms with van der Waals surface area (Å²) in [5.41, 5.74) is 0.256. The van der Waals surface area contributed by atoms with E-state index in [1.165, 1.54) is 12.1 Å². The van der Waals surface area contributed by atoms with E-state index in [0.29, 0.717) is 12.4 Å². The average molecular weight is 253 g/mol. The minimum Gasteiger partial charge on any atom is -0.493 e. The van der Waals surface area contributed by atoms with Crippen LogP contribution in [0, 0.1) is 5.82 Å². The largest absolute Gasteiger partial charge is 0.493 e. The van der Waals surface area contributed by atoms with Gasteiger partial charge in [-0.05, 0) is 25.1 Å². The van der Waals surface area contributed by atoms with Crippen LogP contribution in [0.25, 0.3) is 0 Å². The van der Waals surface area contributed by atoms with Gasteiger partial charge in [-0.2, -0.15) is 0 Å². The fraction of sp³-hybridized carbons (Fsp3) is 0.400. The van der Waals surface area contributed by atoms with E-state index in [0.717, 1.165) is 6.07 Å². The first-order valence-corrected chi connectivity index (χ1v) is 5.32. The second-order valence-electron chi connectivity index (χ2n) is 2.89. The Morgan fingerprint density at radius 3 is 2.67 bits per heavy atom. The van der Waals surface area contributed by atoms with Gasteiger partial charge in [-0.1, -0.05) is 0 Å². The van der Waals surface area contributed by atoms with Gasteiger partial charge in [0.05, 0.1) is 6.61 Å². The molecule has 15 heavy (non-hydrogen) atoms. The van der Waals surface area contributed by atoms with Gasteiger partial charge in [0, 0.05) is 5.56 Å². The molecule has 1 N–H and O–H groups in total. The topological polar surface area (TPSA) is 29.5 Å². The number of halogens is 3. The molecule has 0 saturated heterocycles. The third-order valence-corrected chi connectivity index (χ3v) is 2.31. The fourth-order valence-electron chi connectivity index (χ4n) is 1.17. The Hall–Kier alpha value is -0.510. The number of hydrogen-bond acceptors (Lipinski definition) is 2. The lowest BCUT2D eigenvalue weighted by Gasteiger charge is -2.16. The van der Waals surface area contributed by atoms with Crippen LogP contribution in [0.5, 0.6) is 5.75 Å². The standard InChI is InChI=1S/C10H11Cl2FO2/c1-2-15-8-4-3-6(13)5-7(8)9(14)10(11)12/h3-5,9-10,14H,2H2,1H3. The molecule has 0 fully saturated rings. The molecule has 1 aromatic rings. The molecule has 0 spiro atoms. The van der Waals surface area contributed by atoms with Crippen LogP contribution in [0.15, 0.2) is 18.2 Å². The summed E-state index contributed by atoms with van der Waals surface area (Å²) in [4.78, 5) is -1.02. The van der Waals surface area contributed by atoms with E-state index in [1.807, 2.05) is 0 Å². The monoisotopic (exact) mass is 252 g/mol. The predicted octanol–water partition coefficient (Wildman–Crippen LogP) is 3.06. The number of benzene rings is 1. The van der Waals surface area contributed by atoms with Crippen molar-refractivity contribution in [2.75, 3.05) is 6.61 Å². The van der Waals surface area contributed by atoms with Crippen LogP contribution in [-0.4, -0.2) is 16.5 Å². The van der Waals surface area contributed by atoms with Gasteiger partial charge in [-0.3, -0.25) is 0 Å². The molecular weight excluding hydrogens is 242 g/mol. The maximum absolute atomic E-state index is 13.0. The first-order valence-electron chi connectivity index (χ1n) is 4.44. The predicted molar refractivity (Wildman–Crippen MR) is 58.0 cm³/mol. The molecule has 0 aliphatic heterocycles. The van der Waals surface area contributed by atoms with E-state index >= 15 is 0 Å². The summed E-state index contributed by atoms with van der Waals surface area (Å²) in [6.45, 7) is 2.21. The molecule has 1 rings (SSSR count). The molecule has 0 radical (unpaired) electrons. The zero-order chi connectivity index (χ0) is 11.4. The van der Waals surface area contributed by atoms with E-state index < -0.39 is 16.8 Å². The number of ether oxygens (including phenoxy) is 1. The van der Waals surface area contributed by atoms with Crippen LogP contribution in [0.1, 0.15) is 18.6 Å². The van der Waals surface area contributed by atoms with E-state index in [4.69, 9.17) is 27.9 Å². The lowest BCUT2D eigenvalue weighted by molar-refractivity contribution is 0.185. The molecule has 84 valence electrons. The van der Waals surface area contributed by atoms with Gasteiger partial charge in [0.1, 0.15) is 22.5 Å². The van der Waals surface area contributed by atoms with Crippen molar-refractivity contribution in [2.24, 2.45) is 0 Å². The molecule has 1 atom stereocenters. The maximum atomic E-state index is 13.0. The van der Waals surface area contributed by atoms with Crippen molar-refractivity contribution in [3.8, 4) is 5.75 Å². The number of alkyl halides is 2. The first-order chi connectivity index (χ1) is 7.06. The van der Waals surface area contributed by atoms with Crippen molar-refractivity contribution in [3.63, 3.8) is 0 Å². The smallest absolute Gasteiger partial charge is 0.137 e. The Morgan fingerprint density at radius 1 is 1.47 bits per heavy atom. The summed E-state index contributed by atoms with van der Waals surface area (Å²) in [6, 6.07) is 3.85. The van der Waals surface area contributed by atoms with Crippen LogP contribution >= 0.6 is 23.2 Å². The molecule has 2 nitrogen and oxygen atoms in total. The highest BCUT2D eigenvalue weighted by atomic mass is 35.5. The second-order valence-corrected chi connectivity index (χ2v) is 4.06. The minimum atomic E-state index is -1.16. The van der Waals surface area contributed by atoms with Crippen LogP contribution in [-0.2, 0) is 0 Å². The number of hydrogen-bond donors (Lipinski definition) is 1. The summed E-state index contributed by atoms with van der Waals surface area (Å²) in [5.74, 6) is -0.0841. The fourth-order valence-corrected chi connectivity index (χ4v) is 1.44. The first kappa shape index (κ1) is 12.6. The van der Waals surface area contributed by atoms with Crippen molar-refractivity contribution >= 4 is 23.2 Å². The highest BCUT2D eigenvalue weighted by Gasteiger charge is 2.20. The zero-order valence-corrected chi connectivity index (χ0v) is 9.60. The SMILES string of the molecule is CCOc1ccc(F)cc1C(O)C(Cl)Cl. The van der Waals surface area contributed by atoms with Crippen molar-refractivity contribution in [1.29, 1.82) is 0 Å². The third-order valence-electron chi connectivity index (χ3n) is 1.83. The molecule has 0 aliphatic rings. The highest BCUT2D eigenvalue weighted by molar-refractivity contribution is 6.44. The highest BCUT2D eigenvalue weighted by Crippen LogP contribution is 2.31. The molecule has 1 aromatic carbocycles. The van der Waals surface area contributed by atoms with Crippen molar-refractivity contribution in [1.82, 2.24) is 0 Å². The van der Waals surface area contributed by atoms with Crippen LogP contribution in [0.3, 0.4) is 0 Å². The molecule has 0 aliphatic carbocycles. The summed E-state index contributed by atoms with van der Waals surface area (Å²) in [7, 11) is 0. The van der Waals surface area contributed by atoms with E-state index in [2.05, 4.69) is 0 Å². The molecule has 5 heteroatoms. The third kappa shape index (κ3) is 3.23. The molecular formula is C10H11Cl2FO2.